The Kier molecular flexibility index (Phi) is 6.31. The predicted octanol–water partition coefficient (Wildman–Crippen LogP) is 2.57. The first kappa shape index (κ1) is 16.3. The molecule has 1 aliphatic heterocycles. The van der Waals surface area contributed by atoms with Crippen LogP contribution in [0.2, 0.25) is 0 Å². The highest BCUT2D eigenvalue weighted by molar-refractivity contribution is 4.93. The molecule has 0 spiro atoms. The van der Waals surface area contributed by atoms with Crippen LogP contribution in [-0.4, -0.2) is 61.7 Å². The molecule has 118 valence electrons. The van der Waals surface area contributed by atoms with Crippen molar-refractivity contribution in [3.63, 3.8) is 0 Å². The predicted molar refractivity (Wildman–Crippen MR) is 87.2 cm³/mol. The fraction of sp³-hybridized carbons (Fsp3) is 1.00. The highest BCUT2D eigenvalue weighted by Crippen LogP contribution is 2.31. The van der Waals surface area contributed by atoms with Crippen molar-refractivity contribution < 1.29 is 0 Å². The molecule has 0 aromatic heterocycles. The summed E-state index contributed by atoms with van der Waals surface area (Å²) in [6.45, 7) is 8.26. The molecule has 3 unspecified atom stereocenters. The highest BCUT2D eigenvalue weighted by Gasteiger charge is 2.35. The van der Waals surface area contributed by atoms with E-state index in [0.717, 1.165) is 24.5 Å². The Morgan fingerprint density at radius 2 is 1.80 bits per heavy atom. The van der Waals surface area contributed by atoms with Crippen molar-refractivity contribution in [1.29, 1.82) is 0 Å². The van der Waals surface area contributed by atoms with Crippen LogP contribution in [0.1, 0.15) is 52.4 Å². The monoisotopic (exact) mass is 281 g/mol. The summed E-state index contributed by atoms with van der Waals surface area (Å²) in [6, 6.07) is 2.27. The summed E-state index contributed by atoms with van der Waals surface area (Å²) in [5.41, 5.74) is 0. The summed E-state index contributed by atoms with van der Waals surface area (Å²) in [7, 11) is 4.65. The third kappa shape index (κ3) is 3.96. The molecule has 1 saturated carbocycles. The van der Waals surface area contributed by atoms with Gasteiger partial charge in [-0.2, -0.15) is 0 Å². The number of rotatable bonds is 5. The molecule has 0 aromatic rings. The van der Waals surface area contributed by atoms with E-state index in [1.807, 2.05) is 0 Å². The van der Waals surface area contributed by atoms with Gasteiger partial charge in [-0.25, -0.2) is 0 Å². The SMILES string of the molecule is CCNC1CCC(CC)CC1N(C)C1CCN(C)CC1. The second-order valence-corrected chi connectivity index (χ2v) is 7.02. The number of likely N-dealkylation sites (N-methyl/N-ethyl adjacent to an activating group) is 2. The molecule has 1 aliphatic carbocycles. The van der Waals surface area contributed by atoms with Crippen LogP contribution < -0.4 is 5.32 Å². The van der Waals surface area contributed by atoms with E-state index in [-0.39, 0.29) is 0 Å². The van der Waals surface area contributed by atoms with Crippen LogP contribution in [-0.2, 0) is 0 Å². The Balaban J connectivity index is 1.97. The van der Waals surface area contributed by atoms with Crippen LogP contribution in [0.15, 0.2) is 0 Å². The van der Waals surface area contributed by atoms with Gasteiger partial charge in [0.15, 0.2) is 0 Å². The van der Waals surface area contributed by atoms with Gasteiger partial charge in [-0.15, -0.1) is 0 Å². The van der Waals surface area contributed by atoms with Crippen molar-refractivity contribution in [3.05, 3.63) is 0 Å². The molecule has 1 heterocycles. The molecule has 1 N–H and O–H groups in total. The number of likely N-dealkylation sites (tertiary alicyclic amines) is 1. The van der Waals surface area contributed by atoms with Gasteiger partial charge in [-0.05, 0) is 71.8 Å². The molecule has 2 rings (SSSR count). The maximum Gasteiger partial charge on any atom is 0.0251 e. The molecule has 3 nitrogen and oxygen atoms in total. The maximum atomic E-state index is 3.76. The van der Waals surface area contributed by atoms with Crippen LogP contribution in [0.5, 0.6) is 0 Å². The number of hydrogen-bond acceptors (Lipinski definition) is 3. The van der Waals surface area contributed by atoms with E-state index in [0.29, 0.717) is 6.04 Å². The highest BCUT2D eigenvalue weighted by atomic mass is 15.2. The molecule has 0 amide bonds. The second-order valence-electron chi connectivity index (χ2n) is 7.02. The van der Waals surface area contributed by atoms with Crippen LogP contribution in [0, 0.1) is 5.92 Å². The first-order chi connectivity index (χ1) is 9.65. The topological polar surface area (TPSA) is 18.5 Å². The zero-order chi connectivity index (χ0) is 14.5. The second kappa shape index (κ2) is 7.77. The third-order valence-corrected chi connectivity index (χ3v) is 5.76. The normalized spacial score (nSPS) is 33.8. The molecule has 0 radical (unpaired) electrons. The minimum Gasteiger partial charge on any atom is -0.313 e. The Hall–Kier alpha value is -0.120. The lowest BCUT2D eigenvalue weighted by Crippen LogP contribution is -2.56. The zero-order valence-electron chi connectivity index (χ0n) is 14.1. The molecular weight excluding hydrogens is 246 g/mol. The van der Waals surface area contributed by atoms with E-state index in [1.54, 1.807) is 0 Å². The number of nitrogens with zero attached hydrogens (tertiary/aromatic N) is 2. The summed E-state index contributed by atoms with van der Waals surface area (Å²) < 4.78 is 0. The molecule has 0 bridgehead atoms. The van der Waals surface area contributed by atoms with E-state index in [1.165, 1.54) is 51.6 Å². The van der Waals surface area contributed by atoms with Gasteiger partial charge >= 0.3 is 0 Å². The molecule has 3 heteroatoms. The maximum absolute atomic E-state index is 3.76. The van der Waals surface area contributed by atoms with Crippen molar-refractivity contribution in [2.75, 3.05) is 33.7 Å². The Bertz CT molecular complexity index is 273. The van der Waals surface area contributed by atoms with E-state index in [9.17, 15) is 0 Å². The quantitative estimate of drug-likeness (QED) is 0.835. The van der Waals surface area contributed by atoms with Gasteiger partial charge in [0.2, 0.25) is 0 Å². The van der Waals surface area contributed by atoms with Crippen molar-refractivity contribution in [1.82, 2.24) is 15.1 Å². The van der Waals surface area contributed by atoms with E-state index in [2.05, 4.69) is 43.1 Å². The van der Waals surface area contributed by atoms with Gasteiger partial charge in [-0.3, -0.25) is 4.90 Å². The van der Waals surface area contributed by atoms with E-state index < -0.39 is 0 Å². The summed E-state index contributed by atoms with van der Waals surface area (Å²) in [5.74, 6) is 0.948. The van der Waals surface area contributed by atoms with Gasteiger partial charge in [0.25, 0.3) is 0 Å². The Morgan fingerprint density at radius 1 is 1.10 bits per heavy atom. The van der Waals surface area contributed by atoms with Crippen molar-refractivity contribution in [2.45, 2.75) is 70.5 Å². The molecule has 1 saturated heterocycles. The summed E-state index contributed by atoms with van der Waals surface area (Å²) in [6.07, 6.45) is 8.24. The van der Waals surface area contributed by atoms with E-state index in [4.69, 9.17) is 0 Å². The number of hydrogen-bond donors (Lipinski definition) is 1. The molecule has 0 aromatic carbocycles. The fourth-order valence-electron chi connectivity index (χ4n) is 4.23. The van der Waals surface area contributed by atoms with Crippen LogP contribution in [0.3, 0.4) is 0 Å². The third-order valence-electron chi connectivity index (χ3n) is 5.76. The van der Waals surface area contributed by atoms with Gasteiger partial charge in [0.05, 0.1) is 0 Å². The first-order valence-electron chi connectivity index (χ1n) is 8.79. The van der Waals surface area contributed by atoms with Gasteiger partial charge in [-0.1, -0.05) is 20.3 Å². The number of nitrogens with one attached hydrogen (secondary N) is 1. The van der Waals surface area contributed by atoms with Crippen LogP contribution in [0.25, 0.3) is 0 Å². The fourth-order valence-corrected chi connectivity index (χ4v) is 4.23. The molecule has 2 fully saturated rings. The first-order valence-corrected chi connectivity index (χ1v) is 8.79. The average molecular weight is 281 g/mol. The average Bonchev–Trinajstić information content (AvgIpc) is 2.48. The zero-order valence-corrected chi connectivity index (χ0v) is 14.1. The lowest BCUT2D eigenvalue weighted by atomic mass is 9.79. The largest absolute Gasteiger partial charge is 0.313 e. The van der Waals surface area contributed by atoms with Crippen molar-refractivity contribution in [3.8, 4) is 0 Å². The number of piperidine rings is 1. The minimum absolute atomic E-state index is 0.715. The van der Waals surface area contributed by atoms with Crippen molar-refractivity contribution in [2.24, 2.45) is 5.92 Å². The molecule has 20 heavy (non-hydrogen) atoms. The molecule has 3 atom stereocenters. The van der Waals surface area contributed by atoms with Gasteiger partial charge in [0, 0.05) is 18.1 Å². The van der Waals surface area contributed by atoms with E-state index >= 15 is 0 Å². The van der Waals surface area contributed by atoms with Crippen LogP contribution in [0.4, 0.5) is 0 Å². The standard InChI is InChI=1S/C17H35N3/c1-5-14-7-8-16(18-6-2)17(13-14)20(4)15-9-11-19(3)12-10-15/h14-18H,5-13H2,1-4H3. The Labute approximate surface area is 126 Å². The lowest BCUT2D eigenvalue weighted by Gasteiger charge is -2.46. The van der Waals surface area contributed by atoms with Crippen molar-refractivity contribution >= 4 is 0 Å². The molecular formula is C17H35N3. The van der Waals surface area contributed by atoms with Gasteiger partial charge in [0.1, 0.15) is 0 Å². The Morgan fingerprint density at radius 3 is 2.40 bits per heavy atom. The summed E-state index contributed by atoms with van der Waals surface area (Å²) in [5, 5.41) is 3.76. The van der Waals surface area contributed by atoms with Gasteiger partial charge < -0.3 is 10.2 Å². The minimum atomic E-state index is 0.715. The van der Waals surface area contributed by atoms with Crippen LogP contribution >= 0.6 is 0 Å². The summed E-state index contributed by atoms with van der Waals surface area (Å²) in [4.78, 5) is 5.21. The smallest absolute Gasteiger partial charge is 0.0251 e. The lowest BCUT2D eigenvalue weighted by molar-refractivity contribution is 0.0542. The molecule has 2 aliphatic rings. The summed E-state index contributed by atoms with van der Waals surface area (Å²) >= 11 is 0.